The fourth-order valence-electron chi connectivity index (χ4n) is 4.49. The monoisotopic (exact) mass is 461 g/mol. The summed E-state index contributed by atoms with van der Waals surface area (Å²) in [6, 6.07) is 8.70. The minimum Gasteiger partial charge on any atom is -0.487 e. The molecule has 0 radical (unpaired) electrons. The molecule has 1 aliphatic carbocycles. The molecule has 0 amide bonds. The fraction of sp³-hybridized carbons (Fsp3) is 0.500. The summed E-state index contributed by atoms with van der Waals surface area (Å²) in [5.74, 6) is -1.97. The molecule has 2 aliphatic heterocycles. The highest BCUT2D eigenvalue weighted by Gasteiger charge is 2.44. The number of nitrogens with zero attached hydrogens (tertiary/aromatic N) is 2. The molecule has 8 heteroatoms. The summed E-state index contributed by atoms with van der Waals surface area (Å²) in [5.41, 5.74) is 5.82. The van der Waals surface area contributed by atoms with E-state index in [1.165, 1.54) is 21.8 Å². The van der Waals surface area contributed by atoms with Gasteiger partial charge in [0.25, 0.3) is 0 Å². The van der Waals surface area contributed by atoms with Crippen LogP contribution in [-0.2, 0) is 11.2 Å². The number of aromatic nitrogens is 1. The number of hydrogen-bond donors (Lipinski definition) is 1. The Morgan fingerprint density at radius 3 is 2.88 bits per heavy atom. The molecule has 1 aromatic heterocycles. The SMILES string of the molecule is CNCCC1=CC(C)Oc2cccc(c2)C2c3ncsc3CCN12.O=CC1CC(F)(F)C1. The standard InChI is InChI=1S/C19H23N3OS.C5H6F2O/c1-13-10-15(6-8-20-2)22-9-7-17-18(21-12-24-17)19(22)14-4-3-5-16(11-14)23-13;6-5(7)1-4(2-5)3-8/h3-5,10-13,19-20H,6-9H2,1-2H3;3-4H,1-2H2. The normalized spacial score (nSPS) is 23.5. The van der Waals surface area contributed by atoms with Crippen molar-refractivity contribution in [1.29, 1.82) is 0 Å². The summed E-state index contributed by atoms with van der Waals surface area (Å²) >= 11 is 1.78. The molecule has 3 aliphatic rings. The number of fused-ring (bicyclic) bond motifs is 6. The van der Waals surface area contributed by atoms with Crippen LogP contribution in [0.1, 0.15) is 48.4 Å². The lowest BCUT2D eigenvalue weighted by Crippen LogP contribution is -2.36. The van der Waals surface area contributed by atoms with Gasteiger partial charge >= 0.3 is 0 Å². The molecule has 2 aromatic rings. The molecule has 0 spiro atoms. The van der Waals surface area contributed by atoms with Crippen LogP contribution < -0.4 is 10.1 Å². The lowest BCUT2D eigenvalue weighted by Gasteiger charge is -2.38. The van der Waals surface area contributed by atoms with Crippen molar-refractivity contribution in [2.45, 2.75) is 50.7 Å². The minimum atomic E-state index is -2.54. The Morgan fingerprint density at radius 2 is 2.19 bits per heavy atom. The van der Waals surface area contributed by atoms with Gasteiger partial charge in [0.05, 0.1) is 17.2 Å². The minimum absolute atomic E-state index is 0.0580. The summed E-state index contributed by atoms with van der Waals surface area (Å²) < 4.78 is 29.8. The third kappa shape index (κ3) is 5.02. The molecule has 3 heterocycles. The third-order valence-corrected chi connectivity index (χ3v) is 6.97. The molecule has 1 saturated carbocycles. The number of carbonyl (C=O) groups excluding carboxylic acids is 1. The lowest BCUT2D eigenvalue weighted by molar-refractivity contribution is -0.137. The molecule has 1 N–H and O–H groups in total. The molecule has 1 aromatic carbocycles. The van der Waals surface area contributed by atoms with Gasteiger partial charge in [-0.15, -0.1) is 11.3 Å². The van der Waals surface area contributed by atoms with Crippen LogP contribution in [0.4, 0.5) is 8.78 Å². The molecule has 5 nitrogen and oxygen atoms in total. The number of alkyl halides is 2. The van der Waals surface area contributed by atoms with E-state index in [0.29, 0.717) is 6.29 Å². The summed E-state index contributed by atoms with van der Waals surface area (Å²) in [4.78, 5) is 18.4. The number of ether oxygens (including phenoxy) is 1. The Hall–Kier alpha value is -2.32. The van der Waals surface area contributed by atoms with E-state index in [1.807, 2.05) is 18.6 Å². The quantitative estimate of drug-likeness (QED) is 0.675. The van der Waals surface area contributed by atoms with Crippen molar-refractivity contribution in [2.24, 2.45) is 5.92 Å². The summed E-state index contributed by atoms with van der Waals surface area (Å²) in [6.07, 6.45) is 4.52. The smallest absolute Gasteiger partial charge is 0.249 e. The third-order valence-electron chi connectivity index (χ3n) is 6.06. The van der Waals surface area contributed by atoms with Crippen molar-refractivity contribution < 1.29 is 18.3 Å². The Bertz CT molecular complexity index is 970. The van der Waals surface area contributed by atoms with Crippen molar-refractivity contribution in [3.05, 3.63) is 57.7 Å². The maximum Gasteiger partial charge on any atom is 0.249 e. The largest absolute Gasteiger partial charge is 0.487 e. The van der Waals surface area contributed by atoms with E-state index >= 15 is 0 Å². The van der Waals surface area contributed by atoms with E-state index in [2.05, 4.69) is 41.4 Å². The first-order chi connectivity index (χ1) is 15.4. The van der Waals surface area contributed by atoms with Gasteiger partial charge in [-0.25, -0.2) is 13.8 Å². The average Bonchev–Trinajstić information content (AvgIpc) is 3.23. The fourth-order valence-corrected chi connectivity index (χ4v) is 5.28. The second-order valence-electron chi connectivity index (χ2n) is 8.57. The van der Waals surface area contributed by atoms with Gasteiger partial charge in [-0.05, 0) is 44.2 Å². The molecule has 2 atom stereocenters. The Balaban J connectivity index is 0.000000260. The van der Waals surface area contributed by atoms with Gasteiger partial charge in [0, 0.05) is 48.8 Å². The van der Waals surface area contributed by atoms with Crippen LogP contribution in [0.5, 0.6) is 5.75 Å². The van der Waals surface area contributed by atoms with Crippen molar-refractivity contribution in [1.82, 2.24) is 15.2 Å². The lowest BCUT2D eigenvalue weighted by atomic mass is 9.83. The summed E-state index contributed by atoms with van der Waals surface area (Å²) in [5, 5.41) is 3.28. The van der Waals surface area contributed by atoms with Crippen molar-refractivity contribution in [2.75, 3.05) is 20.1 Å². The zero-order chi connectivity index (χ0) is 22.7. The zero-order valence-electron chi connectivity index (χ0n) is 18.4. The number of rotatable bonds is 4. The predicted molar refractivity (Wildman–Crippen MR) is 121 cm³/mol. The molecule has 2 unspecified atom stereocenters. The van der Waals surface area contributed by atoms with Gasteiger partial charge in [-0.1, -0.05) is 12.1 Å². The molecule has 2 bridgehead atoms. The average molecular weight is 462 g/mol. The van der Waals surface area contributed by atoms with Crippen molar-refractivity contribution >= 4 is 17.6 Å². The van der Waals surface area contributed by atoms with E-state index < -0.39 is 5.92 Å². The molecule has 5 rings (SSSR count). The highest BCUT2D eigenvalue weighted by atomic mass is 32.1. The van der Waals surface area contributed by atoms with Crippen molar-refractivity contribution in [3.63, 3.8) is 0 Å². The molecule has 172 valence electrons. The highest BCUT2D eigenvalue weighted by Crippen LogP contribution is 2.41. The van der Waals surface area contributed by atoms with E-state index in [0.717, 1.165) is 31.7 Å². The maximum absolute atomic E-state index is 11.8. The molecule has 1 fully saturated rings. The number of halogens is 2. The number of carbonyl (C=O) groups is 1. The van der Waals surface area contributed by atoms with Crippen LogP contribution in [0.2, 0.25) is 0 Å². The van der Waals surface area contributed by atoms with E-state index in [4.69, 9.17) is 9.72 Å². The van der Waals surface area contributed by atoms with E-state index in [-0.39, 0.29) is 30.9 Å². The highest BCUT2D eigenvalue weighted by molar-refractivity contribution is 7.09. The predicted octanol–water partition coefficient (Wildman–Crippen LogP) is 4.60. The molecule has 32 heavy (non-hydrogen) atoms. The molecular formula is C24H29F2N3O2S. The summed E-state index contributed by atoms with van der Waals surface area (Å²) in [6.45, 7) is 4.11. The topological polar surface area (TPSA) is 54.5 Å². The van der Waals surface area contributed by atoms with Crippen LogP contribution in [0, 0.1) is 5.92 Å². The Morgan fingerprint density at radius 1 is 1.38 bits per heavy atom. The van der Waals surface area contributed by atoms with Gasteiger partial charge in [-0.2, -0.15) is 0 Å². The zero-order valence-corrected chi connectivity index (χ0v) is 19.2. The number of thiazole rings is 1. The Labute approximate surface area is 191 Å². The second kappa shape index (κ2) is 9.67. The van der Waals surface area contributed by atoms with Crippen LogP contribution in [0.25, 0.3) is 0 Å². The first kappa shape index (κ1) is 22.9. The summed E-state index contributed by atoms with van der Waals surface area (Å²) in [7, 11) is 2.00. The van der Waals surface area contributed by atoms with Gasteiger partial charge in [0.15, 0.2) is 0 Å². The second-order valence-corrected chi connectivity index (χ2v) is 9.51. The van der Waals surface area contributed by atoms with E-state index in [9.17, 15) is 13.6 Å². The number of aldehydes is 1. The Kier molecular flexibility index (Phi) is 6.90. The maximum atomic E-state index is 11.8. The number of nitrogens with one attached hydrogen (secondary N) is 1. The first-order valence-electron chi connectivity index (χ1n) is 11.0. The van der Waals surface area contributed by atoms with E-state index in [1.54, 1.807) is 11.3 Å². The van der Waals surface area contributed by atoms with Gasteiger partial charge < -0.3 is 19.7 Å². The van der Waals surface area contributed by atoms with Crippen LogP contribution in [-0.4, -0.2) is 48.3 Å². The molecular weight excluding hydrogens is 432 g/mol. The van der Waals surface area contributed by atoms with Crippen LogP contribution >= 0.6 is 11.3 Å². The first-order valence-corrected chi connectivity index (χ1v) is 11.9. The molecule has 0 saturated heterocycles. The number of hydrogen-bond acceptors (Lipinski definition) is 6. The van der Waals surface area contributed by atoms with Gasteiger partial charge in [-0.3, -0.25) is 0 Å². The van der Waals surface area contributed by atoms with Gasteiger partial charge in [0.1, 0.15) is 18.1 Å². The number of benzene rings is 1. The van der Waals surface area contributed by atoms with Crippen LogP contribution in [0.3, 0.4) is 0 Å². The van der Waals surface area contributed by atoms with Gasteiger partial charge in [0.2, 0.25) is 5.92 Å². The van der Waals surface area contributed by atoms with Crippen molar-refractivity contribution in [3.8, 4) is 5.75 Å². The van der Waals surface area contributed by atoms with Crippen LogP contribution in [0.15, 0.2) is 41.5 Å².